The summed E-state index contributed by atoms with van der Waals surface area (Å²) in [6.07, 6.45) is 5.15. The van der Waals surface area contributed by atoms with Crippen molar-refractivity contribution in [3.05, 3.63) is 18.0 Å². The molecule has 1 aromatic rings. The van der Waals surface area contributed by atoms with Crippen LogP contribution in [0.15, 0.2) is 12.4 Å². The summed E-state index contributed by atoms with van der Waals surface area (Å²) < 4.78 is 1.83. The first-order valence-electron chi connectivity index (χ1n) is 5.16. The fourth-order valence-electron chi connectivity index (χ4n) is 1.26. The highest BCUT2D eigenvalue weighted by Gasteiger charge is 2.08. The highest BCUT2D eigenvalue weighted by atomic mass is 15.2. The lowest BCUT2D eigenvalue weighted by Crippen LogP contribution is -2.19. The summed E-state index contributed by atoms with van der Waals surface area (Å²) in [5.41, 5.74) is 1.67. The molecule has 1 aromatic heterocycles. The number of rotatable bonds is 4. The number of hydrogen-bond acceptors (Lipinski definition) is 2. The van der Waals surface area contributed by atoms with Gasteiger partial charge in [-0.3, -0.25) is 4.68 Å². The lowest BCUT2D eigenvalue weighted by Gasteiger charge is -2.17. The standard InChI is InChI=1S/C11H21N3/c1-11(2,3)5-6-12-7-10-8-13-14(4)9-10/h8-9,12H,5-7H2,1-4H3. The van der Waals surface area contributed by atoms with E-state index in [1.54, 1.807) is 0 Å². The molecule has 0 amide bonds. The van der Waals surface area contributed by atoms with Crippen molar-refractivity contribution in [2.45, 2.75) is 33.7 Å². The molecule has 0 aliphatic rings. The quantitative estimate of drug-likeness (QED) is 0.744. The Bertz CT molecular complexity index is 270. The van der Waals surface area contributed by atoms with Gasteiger partial charge in [-0.25, -0.2) is 0 Å². The first kappa shape index (κ1) is 11.2. The molecule has 0 fully saturated rings. The van der Waals surface area contributed by atoms with Gasteiger partial charge in [0.05, 0.1) is 6.20 Å². The van der Waals surface area contributed by atoms with Gasteiger partial charge in [0, 0.05) is 25.4 Å². The zero-order valence-corrected chi connectivity index (χ0v) is 9.67. The Kier molecular flexibility index (Phi) is 3.69. The largest absolute Gasteiger partial charge is 0.313 e. The molecule has 0 aliphatic heterocycles. The number of nitrogens with one attached hydrogen (secondary N) is 1. The molecule has 3 nitrogen and oxygen atoms in total. The van der Waals surface area contributed by atoms with Gasteiger partial charge in [0.15, 0.2) is 0 Å². The van der Waals surface area contributed by atoms with Gasteiger partial charge in [-0.05, 0) is 18.4 Å². The van der Waals surface area contributed by atoms with Crippen molar-refractivity contribution in [2.24, 2.45) is 12.5 Å². The smallest absolute Gasteiger partial charge is 0.0534 e. The van der Waals surface area contributed by atoms with Gasteiger partial charge < -0.3 is 5.32 Å². The van der Waals surface area contributed by atoms with Gasteiger partial charge in [0.1, 0.15) is 0 Å². The van der Waals surface area contributed by atoms with E-state index in [9.17, 15) is 0 Å². The molecule has 1 N–H and O–H groups in total. The second-order valence-electron chi connectivity index (χ2n) is 5.01. The summed E-state index contributed by atoms with van der Waals surface area (Å²) in [4.78, 5) is 0. The Morgan fingerprint density at radius 3 is 2.64 bits per heavy atom. The molecule has 14 heavy (non-hydrogen) atoms. The summed E-state index contributed by atoms with van der Waals surface area (Å²) >= 11 is 0. The van der Waals surface area contributed by atoms with Crippen LogP contribution >= 0.6 is 0 Å². The summed E-state index contributed by atoms with van der Waals surface area (Å²) in [5, 5.41) is 7.54. The molecule has 0 bridgehead atoms. The molecule has 0 aliphatic carbocycles. The van der Waals surface area contributed by atoms with E-state index in [1.165, 1.54) is 12.0 Å². The van der Waals surface area contributed by atoms with Gasteiger partial charge in [-0.1, -0.05) is 20.8 Å². The Morgan fingerprint density at radius 2 is 2.14 bits per heavy atom. The molecule has 0 saturated heterocycles. The molecule has 1 rings (SSSR count). The maximum Gasteiger partial charge on any atom is 0.0534 e. The fraction of sp³-hybridized carbons (Fsp3) is 0.727. The summed E-state index contributed by atoms with van der Waals surface area (Å²) in [7, 11) is 1.94. The summed E-state index contributed by atoms with van der Waals surface area (Å²) in [5.74, 6) is 0. The van der Waals surface area contributed by atoms with Crippen molar-refractivity contribution in [3.8, 4) is 0 Å². The molecular weight excluding hydrogens is 174 g/mol. The molecule has 3 heteroatoms. The van der Waals surface area contributed by atoms with E-state index in [4.69, 9.17) is 0 Å². The first-order valence-corrected chi connectivity index (χ1v) is 5.16. The molecule has 0 spiro atoms. The van der Waals surface area contributed by atoms with E-state index in [0.717, 1.165) is 13.1 Å². The third kappa shape index (κ3) is 4.42. The minimum absolute atomic E-state index is 0.419. The maximum atomic E-state index is 4.12. The van der Waals surface area contributed by atoms with Crippen molar-refractivity contribution < 1.29 is 0 Å². The Morgan fingerprint density at radius 1 is 1.43 bits per heavy atom. The Labute approximate surface area is 86.5 Å². The lowest BCUT2D eigenvalue weighted by atomic mass is 9.92. The van der Waals surface area contributed by atoms with E-state index >= 15 is 0 Å². The van der Waals surface area contributed by atoms with Crippen LogP contribution in [-0.4, -0.2) is 16.3 Å². The molecule has 0 saturated carbocycles. The van der Waals surface area contributed by atoms with Crippen LogP contribution in [0.1, 0.15) is 32.8 Å². The van der Waals surface area contributed by atoms with Crippen LogP contribution in [0.4, 0.5) is 0 Å². The van der Waals surface area contributed by atoms with E-state index in [0.29, 0.717) is 5.41 Å². The molecule has 0 radical (unpaired) electrons. The monoisotopic (exact) mass is 195 g/mol. The molecule has 80 valence electrons. The highest BCUT2D eigenvalue weighted by Crippen LogP contribution is 2.16. The predicted octanol–water partition coefficient (Wildman–Crippen LogP) is 1.95. The highest BCUT2D eigenvalue weighted by molar-refractivity contribution is 5.02. The van der Waals surface area contributed by atoms with Crippen LogP contribution in [0.25, 0.3) is 0 Å². The van der Waals surface area contributed by atoms with Crippen molar-refractivity contribution >= 4 is 0 Å². The molecular formula is C11H21N3. The lowest BCUT2D eigenvalue weighted by molar-refractivity contribution is 0.366. The van der Waals surface area contributed by atoms with Crippen LogP contribution in [0.2, 0.25) is 0 Å². The van der Waals surface area contributed by atoms with Crippen LogP contribution in [-0.2, 0) is 13.6 Å². The van der Waals surface area contributed by atoms with Crippen molar-refractivity contribution in [1.82, 2.24) is 15.1 Å². The Hall–Kier alpha value is -0.830. The molecule has 0 atom stereocenters. The van der Waals surface area contributed by atoms with E-state index < -0.39 is 0 Å². The average Bonchev–Trinajstić information content (AvgIpc) is 2.44. The minimum atomic E-state index is 0.419. The van der Waals surface area contributed by atoms with Crippen LogP contribution < -0.4 is 5.32 Å². The second-order valence-corrected chi connectivity index (χ2v) is 5.01. The van der Waals surface area contributed by atoms with E-state index in [2.05, 4.69) is 31.2 Å². The van der Waals surface area contributed by atoms with Gasteiger partial charge in [0.25, 0.3) is 0 Å². The number of hydrogen-bond donors (Lipinski definition) is 1. The molecule has 1 heterocycles. The van der Waals surface area contributed by atoms with Crippen molar-refractivity contribution in [1.29, 1.82) is 0 Å². The predicted molar refractivity (Wildman–Crippen MR) is 59.0 cm³/mol. The number of aromatic nitrogens is 2. The SMILES string of the molecule is Cn1cc(CNCCC(C)(C)C)cn1. The molecule has 0 unspecified atom stereocenters. The zero-order chi connectivity index (χ0) is 10.6. The van der Waals surface area contributed by atoms with Crippen LogP contribution in [0.3, 0.4) is 0 Å². The topological polar surface area (TPSA) is 29.9 Å². The normalized spacial score (nSPS) is 12.0. The number of nitrogens with zero attached hydrogens (tertiary/aromatic N) is 2. The third-order valence-corrected chi connectivity index (χ3v) is 2.14. The summed E-state index contributed by atoms with van der Waals surface area (Å²) in [6.45, 7) is 8.78. The van der Waals surface area contributed by atoms with E-state index in [1.807, 2.05) is 24.1 Å². The van der Waals surface area contributed by atoms with Gasteiger partial charge in [0.2, 0.25) is 0 Å². The van der Waals surface area contributed by atoms with E-state index in [-0.39, 0.29) is 0 Å². The third-order valence-electron chi connectivity index (χ3n) is 2.14. The van der Waals surface area contributed by atoms with Crippen molar-refractivity contribution in [2.75, 3.05) is 6.54 Å². The van der Waals surface area contributed by atoms with Crippen molar-refractivity contribution in [3.63, 3.8) is 0 Å². The van der Waals surface area contributed by atoms with Crippen LogP contribution in [0, 0.1) is 5.41 Å². The number of aryl methyl sites for hydroxylation is 1. The zero-order valence-electron chi connectivity index (χ0n) is 9.67. The maximum absolute atomic E-state index is 4.12. The van der Waals surface area contributed by atoms with Gasteiger partial charge in [-0.2, -0.15) is 5.10 Å². The Balaban J connectivity index is 2.16. The first-order chi connectivity index (χ1) is 6.47. The van der Waals surface area contributed by atoms with Gasteiger partial charge in [-0.15, -0.1) is 0 Å². The second kappa shape index (κ2) is 4.60. The minimum Gasteiger partial charge on any atom is -0.313 e. The molecule has 0 aromatic carbocycles. The summed E-state index contributed by atoms with van der Waals surface area (Å²) in [6, 6.07) is 0. The average molecular weight is 195 g/mol. The fourth-order valence-corrected chi connectivity index (χ4v) is 1.26. The van der Waals surface area contributed by atoms with Gasteiger partial charge >= 0.3 is 0 Å². The van der Waals surface area contributed by atoms with Crippen LogP contribution in [0.5, 0.6) is 0 Å².